The van der Waals surface area contributed by atoms with Gasteiger partial charge in [-0.3, -0.25) is 0 Å². The van der Waals surface area contributed by atoms with E-state index >= 15 is 0 Å². The van der Waals surface area contributed by atoms with Crippen molar-refractivity contribution >= 4 is 17.3 Å². The quantitative estimate of drug-likeness (QED) is 0.899. The Morgan fingerprint density at radius 2 is 1.63 bits per heavy atom. The zero-order valence-electron chi connectivity index (χ0n) is 11.8. The number of thiazole rings is 1. The second kappa shape index (κ2) is 4.78. The van der Waals surface area contributed by atoms with E-state index in [1.807, 2.05) is 0 Å². The molecule has 0 aliphatic heterocycles. The summed E-state index contributed by atoms with van der Waals surface area (Å²) in [5, 5.41) is 9.95. The predicted octanol–water partition coefficient (Wildman–Crippen LogP) is 4.05. The fraction of sp³-hybridized carbons (Fsp3) is 0.333. The summed E-state index contributed by atoms with van der Waals surface area (Å²) in [7, 11) is 0. The predicted molar refractivity (Wildman–Crippen MR) is 78.2 cm³/mol. The zero-order valence-corrected chi connectivity index (χ0v) is 12.6. The summed E-state index contributed by atoms with van der Waals surface area (Å²) >= 11 is 1.26. The first-order valence-electron chi connectivity index (χ1n) is 6.11. The number of carboxylic acids is 1. The molecule has 1 N–H and O–H groups in total. The van der Waals surface area contributed by atoms with Crippen LogP contribution in [0.15, 0.2) is 6.07 Å². The highest BCUT2D eigenvalue weighted by Gasteiger charge is 2.18. The number of hydrogen-bond donors (Lipinski definition) is 1. The molecule has 0 saturated carbocycles. The second-order valence-corrected chi connectivity index (χ2v) is 5.87. The lowest BCUT2D eigenvalue weighted by Crippen LogP contribution is -1.94. The number of hydrogen-bond acceptors (Lipinski definition) is 3. The molecule has 0 saturated heterocycles. The monoisotopic (exact) mass is 275 g/mol. The van der Waals surface area contributed by atoms with Gasteiger partial charge in [-0.2, -0.15) is 0 Å². The summed E-state index contributed by atoms with van der Waals surface area (Å²) in [6.45, 7) is 10.0. The van der Waals surface area contributed by atoms with Crippen molar-refractivity contribution in [3.8, 4) is 10.6 Å². The van der Waals surface area contributed by atoms with Crippen LogP contribution in [0.3, 0.4) is 0 Å². The van der Waals surface area contributed by atoms with Crippen molar-refractivity contribution < 1.29 is 9.90 Å². The van der Waals surface area contributed by atoms with Crippen molar-refractivity contribution in [2.75, 3.05) is 0 Å². The Bertz CT molecular complexity index is 645. The van der Waals surface area contributed by atoms with E-state index in [0.29, 0.717) is 10.6 Å². The molecule has 1 aromatic heterocycles. The maximum atomic E-state index is 11.1. The molecule has 1 heterocycles. The lowest BCUT2D eigenvalue weighted by Gasteiger charge is -2.13. The Kier molecular flexibility index (Phi) is 3.45. The van der Waals surface area contributed by atoms with E-state index in [1.54, 1.807) is 6.92 Å². The Balaban J connectivity index is 2.72. The summed E-state index contributed by atoms with van der Waals surface area (Å²) in [5.41, 5.74) is 6.44. The average molecular weight is 275 g/mol. The molecule has 0 radical (unpaired) electrons. The summed E-state index contributed by atoms with van der Waals surface area (Å²) in [6.07, 6.45) is 0. The van der Waals surface area contributed by atoms with Gasteiger partial charge in [0.25, 0.3) is 0 Å². The van der Waals surface area contributed by atoms with Crippen molar-refractivity contribution in [3.05, 3.63) is 38.9 Å². The van der Waals surface area contributed by atoms with Crippen molar-refractivity contribution in [3.63, 3.8) is 0 Å². The second-order valence-electron chi connectivity index (χ2n) is 4.87. The highest BCUT2D eigenvalue weighted by atomic mass is 32.1. The van der Waals surface area contributed by atoms with Gasteiger partial charge in [0.1, 0.15) is 9.88 Å². The number of carboxylic acid groups (broad SMARTS) is 1. The van der Waals surface area contributed by atoms with E-state index in [4.69, 9.17) is 5.11 Å². The zero-order chi connectivity index (χ0) is 14.3. The highest BCUT2D eigenvalue weighted by Crippen LogP contribution is 2.35. The summed E-state index contributed by atoms with van der Waals surface area (Å²) in [4.78, 5) is 15.9. The van der Waals surface area contributed by atoms with Gasteiger partial charge in [-0.05, 0) is 56.9 Å². The summed E-state index contributed by atoms with van der Waals surface area (Å²) in [6, 6.07) is 2.16. The van der Waals surface area contributed by atoms with Crippen LogP contribution in [-0.4, -0.2) is 16.1 Å². The molecule has 0 fully saturated rings. The van der Waals surface area contributed by atoms with Gasteiger partial charge in [-0.15, -0.1) is 11.3 Å². The van der Waals surface area contributed by atoms with E-state index in [2.05, 4.69) is 38.7 Å². The van der Waals surface area contributed by atoms with Crippen LogP contribution < -0.4 is 0 Å². The fourth-order valence-electron chi connectivity index (χ4n) is 2.24. The van der Waals surface area contributed by atoms with E-state index < -0.39 is 5.97 Å². The molecule has 0 aliphatic carbocycles. The number of nitrogens with zero attached hydrogens (tertiary/aromatic N) is 1. The van der Waals surface area contributed by atoms with Crippen LogP contribution >= 0.6 is 11.3 Å². The van der Waals surface area contributed by atoms with E-state index in [1.165, 1.54) is 33.6 Å². The minimum Gasteiger partial charge on any atom is -0.477 e. The molecule has 2 aromatic rings. The van der Waals surface area contributed by atoms with Crippen LogP contribution in [0.5, 0.6) is 0 Å². The molecule has 0 atom stereocenters. The molecule has 0 amide bonds. The van der Waals surface area contributed by atoms with Gasteiger partial charge in [-0.25, -0.2) is 9.78 Å². The van der Waals surface area contributed by atoms with Crippen LogP contribution in [0.1, 0.15) is 37.6 Å². The number of aromatic nitrogens is 1. The van der Waals surface area contributed by atoms with Gasteiger partial charge >= 0.3 is 5.97 Å². The Morgan fingerprint density at radius 3 is 2.05 bits per heavy atom. The minimum absolute atomic E-state index is 0.327. The molecule has 4 heteroatoms. The lowest BCUT2D eigenvalue weighted by atomic mass is 9.95. The minimum atomic E-state index is -0.902. The summed E-state index contributed by atoms with van der Waals surface area (Å²) in [5.74, 6) is -0.902. The molecular weight excluding hydrogens is 258 g/mol. The maximum absolute atomic E-state index is 11.1. The van der Waals surface area contributed by atoms with Gasteiger partial charge in [0.15, 0.2) is 0 Å². The molecule has 1 aromatic carbocycles. The topological polar surface area (TPSA) is 50.2 Å². The van der Waals surface area contributed by atoms with Crippen LogP contribution in [0.4, 0.5) is 0 Å². The number of carbonyl (C=O) groups is 1. The van der Waals surface area contributed by atoms with Gasteiger partial charge in [-0.1, -0.05) is 6.07 Å². The Labute approximate surface area is 116 Å². The van der Waals surface area contributed by atoms with Gasteiger partial charge in [0.05, 0.1) is 5.69 Å². The van der Waals surface area contributed by atoms with Crippen molar-refractivity contribution in [2.45, 2.75) is 34.6 Å². The van der Waals surface area contributed by atoms with Crippen molar-refractivity contribution in [2.24, 2.45) is 0 Å². The molecule has 0 spiro atoms. The summed E-state index contributed by atoms with van der Waals surface area (Å²) < 4.78 is 0. The third-order valence-electron chi connectivity index (χ3n) is 3.57. The van der Waals surface area contributed by atoms with E-state index in [0.717, 1.165) is 10.6 Å². The Morgan fingerprint density at radius 1 is 1.11 bits per heavy atom. The number of aromatic carboxylic acids is 1. The van der Waals surface area contributed by atoms with Crippen molar-refractivity contribution in [1.29, 1.82) is 0 Å². The van der Waals surface area contributed by atoms with E-state index in [-0.39, 0.29) is 0 Å². The number of aryl methyl sites for hydroxylation is 3. The molecular formula is C15H17NO2S. The van der Waals surface area contributed by atoms with Crippen LogP contribution in [-0.2, 0) is 0 Å². The first-order valence-corrected chi connectivity index (χ1v) is 6.93. The molecule has 0 unspecified atom stereocenters. The third kappa shape index (κ3) is 2.28. The standard InChI is InChI=1S/C15H17NO2S/c1-7-6-8(2)10(4)12(9(7)3)14-16-11(5)13(19-14)15(17)18/h6H,1-5H3,(H,17,18). The first-order chi connectivity index (χ1) is 8.82. The van der Waals surface area contributed by atoms with Crippen LogP contribution in [0, 0.1) is 34.6 Å². The fourth-order valence-corrected chi connectivity index (χ4v) is 3.30. The Hall–Kier alpha value is -1.68. The van der Waals surface area contributed by atoms with Crippen molar-refractivity contribution in [1.82, 2.24) is 4.98 Å². The maximum Gasteiger partial charge on any atom is 0.347 e. The van der Waals surface area contributed by atoms with Crippen LogP contribution in [0.25, 0.3) is 10.6 Å². The largest absolute Gasteiger partial charge is 0.477 e. The van der Waals surface area contributed by atoms with Gasteiger partial charge in [0.2, 0.25) is 0 Å². The lowest BCUT2D eigenvalue weighted by molar-refractivity contribution is 0.0701. The molecule has 0 aliphatic rings. The molecule has 100 valence electrons. The molecule has 19 heavy (non-hydrogen) atoms. The molecule has 0 bridgehead atoms. The van der Waals surface area contributed by atoms with Gasteiger partial charge < -0.3 is 5.11 Å². The number of benzene rings is 1. The average Bonchev–Trinajstić information content (AvgIpc) is 2.69. The first kappa shape index (κ1) is 13.7. The SMILES string of the molecule is Cc1cc(C)c(C)c(-c2nc(C)c(C(=O)O)s2)c1C. The smallest absolute Gasteiger partial charge is 0.347 e. The number of rotatable bonds is 2. The highest BCUT2D eigenvalue weighted by molar-refractivity contribution is 7.17. The third-order valence-corrected chi connectivity index (χ3v) is 4.73. The molecule has 3 nitrogen and oxygen atoms in total. The molecule has 2 rings (SSSR count). The van der Waals surface area contributed by atoms with Crippen LogP contribution in [0.2, 0.25) is 0 Å². The van der Waals surface area contributed by atoms with Gasteiger partial charge in [0, 0.05) is 5.56 Å². The normalized spacial score (nSPS) is 10.8. The van der Waals surface area contributed by atoms with E-state index in [9.17, 15) is 4.79 Å².